The molecule has 6 heteroatoms. The standard InChI is InChI=1S/C22H18N2O2Se2/c1-23-15-7-3-5-9-17(15)27-19(23)11-13-21(25)14(22(13)26)12-20-24(2)16-8-4-6-10-18(16)28-20/h3-12,19,25H,1-2H3/b13-11+,20-12-. The van der Waals surface area contributed by atoms with E-state index in [2.05, 4.69) is 42.3 Å². The monoisotopic (exact) mass is 502 g/mol. The van der Waals surface area contributed by atoms with E-state index >= 15 is 0 Å². The van der Waals surface area contributed by atoms with Crippen LogP contribution in [0.15, 0.2) is 82.2 Å². The molecule has 1 N–H and O–H groups in total. The maximum atomic E-state index is 12.7. The Morgan fingerprint density at radius 3 is 2.54 bits per heavy atom. The van der Waals surface area contributed by atoms with Crippen molar-refractivity contribution in [3.63, 3.8) is 0 Å². The van der Waals surface area contributed by atoms with Gasteiger partial charge in [-0.05, 0) is 0 Å². The molecule has 2 atom stereocenters. The molecule has 28 heavy (non-hydrogen) atoms. The molecule has 0 saturated carbocycles. The summed E-state index contributed by atoms with van der Waals surface area (Å²) < 4.78 is 3.70. The number of hydrogen-bond donors (Lipinski definition) is 1. The number of ketones is 1. The number of allylic oxidation sites excluding steroid dienone is 3. The first kappa shape index (κ1) is 18.0. The Kier molecular flexibility index (Phi) is 4.35. The Hall–Kier alpha value is -2.07. The molecule has 0 saturated heterocycles. The Morgan fingerprint density at radius 1 is 1.11 bits per heavy atom. The number of likely N-dealkylation sites (N-methyl/N-ethyl adjacent to an activating group) is 1. The molecule has 1 aliphatic carbocycles. The molecule has 3 aliphatic rings. The zero-order valence-electron chi connectivity index (χ0n) is 15.4. The van der Waals surface area contributed by atoms with Gasteiger partial charge in [-0.2, -0.15) is 0 Å². The van der Waals surface area contributed by atoms with Crippen molar-refractivity contribution < 1.29 is 14.8 Å². The molecule has 4 nitrogen and oxygen atoms in total. The van der Waals surface area contributed by atoms with Gasteiger partial charge in [0.2, 0.25) is 0 Å². The first-order chi connectivity index (χ1) is 13.5. The molecule has 5 rings (SSSR count). The molecule has 2 unspecified atom stereocenters. The maximum absolute atomic E-state index is 12.7. The van der Waals surface area contributed by atoms with E-state index < -0.39 is 0 Å². The van der Waals surface area contributed by atoms with E-state index in [4.69, 9.17) is 0 Å². The zero-order chi connectivity index (χ0) is 19.4. The van der Waals surface area contributed by atoms with E-state index in [0.717, 1.165) is 4.60 Å². The first-order valence-electron chi connectivity index (χ1n) is 9.04. The third-order valence-electron chi connectivity index (χ3n) is 5.33. The number of Topliss-reactive ketones (excluding diaryl/α,β-unsaturated/α-hetero) is 1. The Labute approximate surface area is 176 Å². The molecular formula is C22H18N2O2Se2. The number of nitrogens with zero attached hydrogens (tertiary/aromatic N) is 1. The Morgan fingerprint density at radius 2 is 1.82 bits per heavy atom. The van der Waals surface area contributed by atoms with Crippen molar-refractivity contribution in [1.82, 2.24) is 0 Å². The minimum absolute atomic E-state index is 0.0998. The summed E-state index contributed by atoms with van der Waals surface area (Å²) in [5.74, 6) is -0.200. The number of carbonyl (C=O) groups is 1. The van der Waals surface area contributed by atoms with Crippen LogP contribution in [0.3, 0.4) is 0 Å². The summed E-state index contributed by atoms with van der Waals surface area (Å²) in [5, 5.41) is 12.7. The van der Waals surface area contributed by atoms with E-state index in [9.17, 15) is 9.90 Å². The van der Waals surface area contributed by atoms with Gasteiger partial charge < -0.3 is 0 Å². The third-order valence-corrected chi connectivity index (χ3v) is 10.6. The van der Waals surface area contributed by atoms with Crippen molar-refractivity contribution in [2.75, 3.05) is 19.0 Å². The fourth-order valence-corrected chi connectivity index (χ4v) is 8.68. The summed E-state index contributed by atoms with van der Waals surface area (Å²) in [6, 6.07) is 16.6. The summed E-state index contributed by atoms with van der Waals surface area (Å²) >= 11 is 0.359. The molecule has 2 aromatic carbocycles. The van der Waals surface area contributed by atoms with Crippen molar-refractivity contribution in [3.05, 3.63) is 82.2 Å². The quantitative estimate of drug-likeness (QED) is 0.423. The van der Waals surface area contributed by atoms with Gasteiger partial charge in [-0.3, -0.25) is 0 Å². The fourth-order valence-electron chi connectivity index (χ4n) is 3.67. The van der Waals surface area contributed by atoms with Gasteiger partial charge >= 0.3 is 177 Å². The molecule has 0 amide bonds. The van der Waals surface area contributed by atoms with Crippen LogP contribution in [0, 0.1) is 0 Å². The predicted molar refractivity (Wildman–Crippen MR) is 111 cm³/mol. The number of para-hydroxylation sites is 2. The van der Waals surface area contributed by atoms with Crippen molar-refractivity contribution >= 4 is 56.0 Å². The predicted octanol–water partition coefficient (Wildman–Crippen LogP) is -1.05. The summed E-state index contributed by atoms with van der Waals surface area (Å²) in [4.78, 5) is 16.3. The average Bonchev–Trinajstić information content (AvgIpc) is 3.21. The van der Waals surface area contributed by atoms with Crippen LogP contribution in [0.5, 0.6) is 0 Å². The summed E-state index contributed by atoms with van der Waals surface area (Å²) in [6.07, 6.45) is 3.73. The molecule has 0 spiro atoms. The summed E-state index contributed by atoms with van der Waals surface area (Å²) in [7, 11) is 4.11. The number of anilines is 1. The minimum atomic E-state index is -0.0998. The van der Waals surface area contributed by atoms with Gasteiger partial charge in [0, 0.05) is 0 Å². The van der Waals surface area contributed by atoms with Gasteiger partial charge in [-0.25, -0.2) is 0 Å². The second-order valence-corrected chi connectivity index (χ2v) is 11.7. The van der Waals surface area contributed by atoms with E-state index in [1.165, 1.54) is 25.2 Å². The molecule has 0 radical (unpaired) electrons. The number of benzene rings is 2. The number of nitrogens with one attached hydrogen (secondary N) is 1. The van der Waals surface area contributed by atoms with E-state index in [1.54, 1.807) is 0 Å². The molecule has 0 bridgehead atoms. The van der Waals surface area contributed by atoms with Crippen LogP contribution in [0.4, 0.5) is 11.4 Å². The molecule has 140 valence electrons. The van der Waals surface area contributed by atoms with Gasteiger partial charge in [0.25, 0.3) is 0 Å². The Bertz CT molecular complexity index is 1100. The summed E-state index contributed by atoms with van der Waals surface area (Å²) in [6.45, 7) is 0. The van der Waals surface area contributed by atoms with Crippen molar-refractivity contribution in [3.8, 4) is 0 Å². The number of quaternary nitrogens is 1. The Balaban J connectivity index is 1.41. The second kappa shape index (κ2) is 6.77. The number of fused-ring (bicyclic) bond motifs is 2. The third kappa shape index (κ3) is 2.73. The van der Waals surface area contributed by atoms with E-state index in [-0.39, 0.29) is 46.4 Å². The summed E-state index contributed by atoms with van der Waals surface area (Å²) in [5.41, 5.74) is 3.16. The van der Waals surface area contributed by atoms with Gasteiger partial charge in [0.15, 0.2) is 0 Å². The average molecular weight is 500 g/mol. The van der Waals surface area contributed by atoms with Gasteiger partial charge in [0.1, 0.15) is 0 Å². The van der Waals surface area contributed by atoms with Crippen molar-refractivity contribution in [2.24, 2.45) is 0 Å². The van der Waals surface area contributed by atoms with E-state index in [0.29, 0.717) is 11.1 Å². The van der Waals surface area contributed by atoms with Crippen molar-refractivity contribution in [1.29, 1.82) is 0 Å². The van der Waals surface area contributed by atoms with Crippen LogP contribution >= 0.6 is 0 Å². The molecule has 2 heterocycles. The first-order valence-corrected chi connectivity index (χ1v) is 12.6. The van der Waals surface area contributed by atoms with Crippen LogP contribution in [-0.4, -0.2) is 54.7 Å². The molecule has 2 aromatic rings. The van der Waals surface area contributed by atoms with Crippen LogP contribution in [0.25, 0.3) is 0 Å². The van der Waals surface area contributed by atoms with Crippen LogP contribution in [-0.2, 0) is 4.79 Å². The topological polar surface area (TPSA) is 47.8 Å². The van der Waals surface area contributed by atoms with Gasteiger partial charge in [0.05, 0.1) is 0 Å². The van der Waals surface area contributed by atoms with Gasteiger partial charge in [-0.15, -0.1) is 0 Å². The molecule has 2 aliphatic heterocycles. The molecular weight excluding hydrogens is 482 g/mol. The number of carbonyl (C=O) groups excluding carboxylic acids is 1. The number of rotatable bonds is 2. The normalized spacial score (nSPS) is 26.1. The SMILES string of the molecule is CN1/C(=C/C2=C([O-])C(=C\C3[Se]c4ccccc4[NH+]3C)/C2=O)[Se]c2ccccc21. The van der Waals surface area contributed by atoms with Crippen molar-refractivity contribution in [2.45, 2.75) is 4.94 Å². The zero-order valence-corrected chi connectivity index (χ0v) is 18.9. The molecule has 0 fully saturated rings. The second-order valence-electron chi connectivity index (χ2n) is 6.98. The molecule has 0 aromatic heterocycles. The van der Waals surface area contributed by atoms with Crippen LogP contribution in [0.2, 0.25) is 0 Å². The van der Waals surface area contributed by atoms with E-state index in [1.807, 2.05) is 37.4 Å². The van der Waals surface area contributed by atoms with Gasteiger partial charge in [-0.1, -0.05) is 0 Å². The van der Waals surface area contributed by atoms with Crippen LogP contribution in [0.1, 0.15) is 0 Å². The van der Waals surface area contributed by atoms with Crippen LogP contribution < -0.4 is 23.8 Å². The number of hydrogen-bond acceptors (Lipinski definition) is 3. The fraction of sp³-hybridized carbons (Fsp3) is 0.136.